The van der Waals surface area contributed by atoms with E-state index in [0.29, 0.717) is 24.1 Å². The number of carbonyl (C=O) groups excluding carboxylic acids is 2. The SMILES string of the molecule is CC1CC1CNC(=O)C(=O)Nc1cccc2ncccc12. The minimum Gasteiger partial charge on any atom is -0.348 e. The van der Waals surface area contributed by atoms with Crippen LogP contribution in [0.5, 0.6) is 0 Å². The molecule has 1 fully saturated rings. The first-order chi connectivity index (χ1) is 10.1. The second kappa shape index (κ2) is 5.52. The molecule has 1 aliphatic rings. The normalized spacial score (nSPS) is 20.0. The number of benzene rings is 1. The molecule has 2 aromatic rings. The second-order valence-electron chi connectivity index (χ2n) is 5.51. The minimum atomic E-state index is -0.639. The summed E-state index contributed by atoms with van der Waals surface area (Å²) in [6, 6.07) is 9.08. The van der Waals surface area contributed by atoms with Crippen molar-refractivity contribution in [3.8, 4) is 0 Å². The Morgan fingerprint density at radius 3 is 2.81 bits per heavy atom. The molecule has 0 aliphatic heterocycles. The first kappa shape index (κ1) is 13.5. The van der Waals surface area contributed by atoms with Crippen LogP contribution in [0.4, 0.5) is 5.69 Å². The van der Waals surface area contributed by atoms with Crippen molar-refractivity contribution in [3.63, 3.8) is 0 Å². The molecular weight excluding hydrogens is 266 g/mol. The van der Waals surface area contributed by atoms with Crippen LogP contribution in [0.15, 0.2) is 36.5 Å². The molecule has 0 spiro atoms. The maximum absolute atomic E-state index is 11.9. The third kappa shape index (κ3) is 3.02. The molecule has 2 unspecified atom stereocenters. The Bertz CT molecular complexity index is 693. The largest absolute Gasteiger partial charge is 0.348 e. The smallest absolute Gasteiger partial charge is 0.313 e. The van der Waals surface area contributed by atoms with E-state index in [1.165, 1.54) is 0 Å². The Labute approximate surface area is 122 Å². The lowest BCUT2D eigenvalue weighted by Gasteiger charge is -2.08. The van der Waals surface area contributed by atoms with E-state index in [1.807, 2.05) is 12.1 Å². The van der Waals surface area contributed by atoms with Crippen LogP contribution in [0.1, 0.15) is 13.3 Å². The number of anilines is 1. The number of hydrogen-bond donors (Lipinski definition) is 2. The lowest BCUT2D eigenvalue weighted by Crippen LogP contribution is -2.36. The summed E-state index contributed by atoms with van der Waals surface area (Å²) in [5.74, 6) is -0.0596. The van der Waals surface area contributed by atoms with Gasteiger partial charge in [-0.3, -0.25) is 14.6 Å². The summed E-state index contributed by atoms with van der Waals surface area (Å²) in [6.07, 6.45) is 2.81. The summed E-state index contributed by atoms with van der Waals surface area (Å²) in [5.41, 5.74) is 1.38. The highest BCUT2D eigenvalue weighted by molar-refractivity contribution is 6.40. The first-order valence-corrected chi connectivity index (χ1v) is 7.08. The zero-order valence-electron chi connectivity index (χ0n) is 11.8. The van der Waals surface area contributed by atoms with Crippen LogP contribution in [0.25, 0.3) is 10.9 Å². The quantitative estimate of drug-likeness (QED) is 0.846. The topological polar surface area (TPSA) is 71.1 Å². The van der Waals surface area contributed by atoms with E-state index >= 15 is 0 Å². The molecule has 2 atom stereocenters. The van der Waals surface area contributed by atoms with Crippen molar-refractivity contribution in [1.29, 1.82) is 0 Å². The number of pyridine rings is 1. The third-order valence-corrected chi connectivity index (χ3v) is 3.90. The lowest BCUT2D eigenvalue weighted by molar-refractivity contribution is -0.136. The highest BCUT2D eigenvalue weighted by Gasteiger charge is 2.32. The van der Waals surface area contributed by atoms with Gasteiger partial charge in [-0.05, 0) is 42.5 Å². The molecule has 1 aromatic carbocycles. The summed E-state index contributed by atoms with van der Waals surface area (Å²) < 4.78 is 0. The highest BCUT2D eigenvalue weighted by Crippen LogP contribution is 2.36. The van der Waals surface area contributed by atoms with Crippen LogP contribution in [0.3, 0.4) is 0 Å². The first-order valence-electron chi connectivity index (χ1n) is 7.08. The maximum Gasteiger partial charge on any atom is 0.313 e. The van der Waals surface area contributed by atoms with Crippen LogP contribution in [0.2, 0.25) is 0 Å². The van der Waals surface area contributed by atoms with Gasteiger partial charge in [0.05, 0.1) is 11.2 Å². The molecule has 108 valence electrons. The van der Waals surface area contributed by atoms with E-state index in [1.54, 1.807) is 24.4 Å². The van der Waals surface area contributed by atoms with Gasteiger partial charge in [0, 0.05) is 18.1 Å². The van der Waals surface area contributed by atoms with Crippen molar-refractivity contribution in [3.05, 3.63) is 36.5 Å². The van der Waals surface area contributed by atoms with E-state index in [0.717, 1.165) is 17.3 Å². The van der Waals surface area contributed by atoms with Crippen LogP contribution >= 0.6 is 0 Å². The van der Waals surface area contributed by atoms with Crippen molar-refractivity contribution in [2.75, 3.05) is 11.9 Å². The molecular formula is C16H17N3O2. The van der Waals surface area contributed by atoms with Gasteiger partial charge in [0.1, 0.15) is 0 Å². The van der Waals surface area contributed by atoms with E-state index in [9.17, 15) is 9.59 Å². The molecule has 0 radical (unpaired) electrons. The summed E-state index contributed by atoms with van der Waals surface area (Å²) in [5, 5.41) is 6.14. The Hall–Kier alpha value is -2.43. The third-order valence-electron chi connectivity index (χ3n) is 3.90. The zero-order chi connectivity index (χ0) is 14.8. The van der Waals surface area contributed by atoms with Gasteiger partial charge in [0.25, 0.3) is 0 Å². The Kier molecular flexibility index (Phi) is 3.56. The van der Waals surface area contributed by atoms with Crippen molar-refractivity contribution < 1.29 is 9.59 Å². The number of nitrogens with one attached hydrogen (secondary N) is 2. The molecule has 21 heavy (non-hydrogen) atoms. The van der Waals surface area contributed by atoms with Gasteiger partial charge in [-0.15, -0.1) is 0 Å². The predicted molar refractivity (Wildman–Crippen MR) is 80.7 cm³/mol. The molecule has 5 nitrogen and oxygen atoms in total. The fourth-order valence-corrected chi connectivity index (χ4v) is 2.38. The molecule has 1 saturated carbocycles. The van der Waals surface area contributed by atoms with Crippen molar-refractivity contribution in [1.82, 2.24) is 10.3 Å². The molecule has 1 aromatic heterocycles. The summed E-state index contributed by atoms with van der Waals surface area (Å²) >= 11 is 0. The molecule has 3 rings (SSSR count). The van der Waals surface area contributed by atoms with Crippen molar-refractivity contribution in [2.24, 2.45) is 11.8 Å². The van der Waals surface area contributed by atoms with Gasteiger partial charge in [0.2, 0.25) is 0 Å². The fourth-order valence-electron chi connectivity index (χ4n) is 2.38. The van der Waals surface area contributed by atoms with Crippen LogP contribution in [-0.4, -0.2) is 23.3 Å². The second-order valence-corrected chi connectivity index (χ2v) is 5.51. The number of fused-ring (bicyclic) bond motifs is 1. The van der Waals surface area contributed by atoms with E-state index in [-0.39, 0.29) is 0 Å². The lowest BCUT2D eigenvalue weighted by atomic mass is 10.2. The standard InChI is InChI=1S/C16H17N3O2/c1-10-8-11(10)9-18-15(20)16(21)19-14-6-2-5-13-12(14)4-3-7-17-13/h2-7,10-11H,8-9H2,1H3,(H,18,20)(H,19,21). The molecule has 1 aliphatic carbocycles. The van der Waals surface area contributed by atoms with Crippen LogP contribution in [0, 0.1) is 11.8 Å². The Morgan fingerprint density at radius 1 is 1.24 bits per heavy atom. The van der Waals surface area contributed by atoms with E-state index < -0.39 is 11.8 Å². The van der Waals surface area contributed by atoms with Crippen molar-refractivity contribution >= 4 is 28.4 Å². The minimum absolute atomic E-state index is 0.517. The van der Waals surface area contributed by atoms with Crippen LogP contribution in [-0.2, 0) is 9.59 Å². The van der Waals surface area contributed by atoms with Gasteiger partial charge >= 0.3 is 11.8 Å². The van der Waals surface area contributed by atoms with Gasteiger partial charge in [0.15, 0.2) is 0 Å². The molecule has 0 saturated heterocycles. The van der Waals surface area contributed by atoms with E-state index in [4.69, 9.17) is 0 Å². The number of carbonyl (C=O) groups is 2. The molecule has 5 heteroatoms. The molecule has 2 N–H and O–H groups in total. The number of hydrogen-bond acceptors (Lipinski definition) is 3. The van der Waals surface area contributed by atoms with Gasteiger partial charge < -0.3 is 10.6 Å². The van der Waals surface area contributed by atoms with Crippen molar-refractivity contribution in [2.45, 2.75) is 13.3 Å². The summed E-state index contributed by atoms with van der Waals surface area (Å²) in [6.45, 7) is 2.71. The monoisotopic (exact) mass is 283 g/mol. The average molecular weight is 283 g/mol. The highest BCUT2D eigenvalue weighted by atomic mass is 16.2. The zero-order valence-corrected chi connectivity index (χ0v) is 11.8. The molecule has 1 heterocycles. The molecule has 0 bridgehead atoms. The summed E-state index contributed by atoms with van der Waals surface area (Å²) in [4.78, 5) is 27.9. The predicted octanol–water partition coefficient (Wildman–Crippen LogP) is 1.95. The number of amides is 2. The molecule has 2 amide bonds. The van der Waals surface area contributed by atoms with Gasteiger partial charge in [-0.25, -0.2) is 0 Å². The van der Waals surface area contributed by atoms with Gasteiger partial charge in [-0.2, -0.15) is 0 Å². The van der Waals surface area contributed by atoms with Crippen LogP contribution < -0.4 is 10.6 Å². The number of rotatable bonds is 3. The fraction of sp³-hybridized carbons (Fsp3) is 0.312. The van der Waals surface area contributed by atoms with E-state index in [2.05, 4.69) is 22.5 Å². The summed E-state index contributed by atoms with van der Waals surface area (Å²) in [7, 11) is 0. The Morgan fingerprint density at radius 2 is 2.05 bits per heavy atom. The number of aromatic nitrogens is 1. The maximum atomic E-state index is 11.9. The van der Waals surface area contributed by atoms with Gasteiger partial charge in [-0.1, -0.05) is 13.0 Å². The average Bonchev–Trinajstić information content (AvgIpc) is 3.21. The Balaban J connectivity index is 1.66. The number of nitrogens with zero attached hydrogens (tertiary/aromatic N) is 1.